The van der Waals surface area contributed by atoms with Gasteiger partial charge in [-0.05, 0) is 7.05 Å². The standard InChI is InChI=1S/C7H9N5O2/c1-8-2-3-9-4-5(10-3)11-7(14)12-6(4)13/h8H,2H2,1H3,(H3,9,10,11,12,13,14). The predicted octanol–water partition coefficient (Wildman–Crippen LogP) is -1.34. The van der Waals surface area contributed by atoms with E-state index < -0.39 is 11.2 Å². The molecule has 0 fully saturated rings. The van der Waals surface area contributed by atoms with Crippen LogP contribution in [0.15, 0.2) is 9.59 Å². The van der Waals surface area contributed by atoms with E-state index in [0.29, 0.717) is 12.4 Å². The van der Waals surface area contributed by atoms with Gasteiger partial charge in [-0.1, -0.05) is 0 Å². The van der Waals surface area contributed by atoms with Crippen molar-refractivity contribution >= 4 is 11.2 Å². The van der Waals surface area contributed by atoms with E-state index in [-0.39, 0.29) is 11.2 Å². The molecule has 14 heavy (non-hydrogen) atoms. The average Bonchev–Trinajstić information content (AvgIpc) is 2.48. The summed E-state index contributed by atoms with van der Waals surface area (Å²) in [4.78, 5) is 33.5. The minimum atomic E-state index is -0.551. The van der Waals surface area contributed by atoms with E-state index in [0.717, 1.165) is 0 Å². The Morgan fingerprint density at radius 1 is 1.29 bits per heavy atom. The van der Waals surface area contributed by atoms with E-state index in [1.165, 1.54) is 0 Å². The first kappa shape index (κ1) is 8.70. The van der Waals surface area contributed by atoms with E-state index in [1.54, 1.807) is 7.05 Å². The van der Waals surface area contributed by atoms with Crippen LogP contribution in [0.2, 0.25) is 0 Å². The number of imidazole rings is 1. The summed E-state index contributed by atoms with van der Waals surface area (Å²) >= 11 is 0. The van der Waals surface area contributed by atoms with E-state index >= 15 is 0 Å². The van der Waals surface area contributed by atoms with E-state index in [4.69, 9.17) is 0 Å². The lowest BCUT2D eigenvalue weighted by atomic mass is 10.5. The molecule has 0 aromatic carbocycles. The molecule has 0 saturated carbocycles. The van der Waals surface area contributed by atoms with Gasteiger partial charge in [-0.2, -0.15) is 0 Å². The van der Waals surface area contributed by atoms with Crippen molar-refractivity contribution in [1.29, 1.82) is 0 Å². The Bertz CT molecular complexity index is 563. The highest BCUT2D eigenvalue weighted by atomic mass is 16.2. The average molecular weight is 195 g/mol. The highest BCUT2D eigenvalue weighted by molar-refractivity contribution is 5.68. The van der Waals surface area contributed by atoms with E-state index in [9.17, 15) is 9.59 Å². The Morgan fingerprint density at radius 3 is 2.79 bits per heavy atom. The van der Waals surface area contributed by atoms with Gasteiger partial charge >= 0.3 is 5.69 Å². The summed E-state index contributed by atoms with van der Waals surface area (Å²) in [5.74, 6) is 0.606. The summed E-state index contributed by atoms with van der Waals surface area (Å²) in [5.41, 5.74) is -0.442. The van der Waals surface area contributed by atoms with Gasteiger partial charge in [0.05, 0.1) is 6.54 Å². The van der Waals surface area contributed by atoms with Crippen molar-refractivity contribution in [2.45, 2.75) is 6.54 Å². The summed E-state index contributed by atoms with van der Waals surface area (Å²) in [6.07, 6.45) is 0. The maximum atomic E-state index is 11.2. The highest BCUT2D eigenvalue weighted by Gasteiger charge is 2.05. The molecule has 0 aliphatic rings. The van der Waals surface area contributed by atoms with Gasteiger partial charge in [0.2, 0.25) is 0 Å². The normalized spacial score (nSPS) is 10.9. The quantitative estimate of drug-likeness (QED) is 0.475. The van der Waals surface area contributed by atoms with Gasteiger partial charge in [0.1, 0.15) is 11.3 Å². The molecule has 2 heterocycles. The Kier molecular flexibility index (Phi) is 1.93. The van der Waals surface area contributed by atoms with Crippen molar-refractivity contribution in [2.75, 3.05) is 7.05 Å². The fraction of sp³-hybridized carbons (Fsp3) is 0.286. The molecule has 0 saturated heterocycles. The van der Waals surface area contributed by atoms with Gasteiger partial charge in [-0.15, -0.1) is 0 Å². The van der Waals surface area contributed by atoms with Crippen LogP contribution in [0.4, 0.5) is 0 Å². The number of hydrogen-bond acceptors (Lipinski definition) is 4. The Labute approximate surface area is 77.6 Å². The van der Waals surface area contributed by atoms with Crippen LogP contribution in [0, 0.1) is 0 Å². The molecule has 2 aromatic heterocycles. The number of aromatic nitrogens is 4. The number of nitrogens with zero attached hydrogens (tertiary/aromatic N) is 1. The van der Waals surface area contributed by atoms with Crippen LogP contribution in [-0.4, -0.2) is 27.0 Å². The number of nitrogens with one attached hydrogen (secondary N) is 4. The fourth-order valence-corrected chi connectivity index (χ4v) is 1.23. The molecule has 2 rings (SSSR count). The molecule has 7 nitrogen and oxygen atoms in total. The molecule has 74 valence electrons. The predicted molar refractivity (Wildman–Crippen MR) is 50.1 cm³/mol. The van der Waals surface area contributed by atoms with E-state index in [1.807, 2.05) is 0 Å². The second-order valence-corrected chi connectivity index (χ2v) is 2.85. The lowest BCUT2D eigenvalue weighted by Crippen LogP contribution is -2.21. The summed E-state index contributed by atoms with van der Waals surface area (Å²) in [6.45, 7) is 0.510. The lowest BCUT2D eigenvalue weighted by molar-refractivity contribution is 0.774. The number of hydrogen-bond donors (Lipinski definition) is 4. The molecule has 0 bridgehead atoms. The van der Waals surface area contributed by atoms with Gasteiger partial charge in [-0.25, -0.2) is 9.78 Å². The minimum Gasteiger partial charge on any atom is -0.335 e. The summed E-state index contributed by atoms with van der Waals surface area (Å²) < 4.78 is 0. The zero-order chi connectivity index (χ0) is 10.1. The molecular weight excluding hydrogens is 186 g/mol. The molecular formula is C7H9N5O2. The molecule has 0 spiro atoms. The third-order valence-corrected chi connectivity index (χ3v) is 1.78. The summed E-state index contributed by atoms with van der Waals surface area (Å²) in [6, 6.07) is 0. The molecule has 4 N–H and O–H groups in total. The minimum absolute atomic E-state index is 0.281. The van der Waals surface area contributed by atoms with Gasteiger partial charge in [-0.3, -0.25) is 14.8 Å². The molecule has 0 amide bonds. The van der Waals surface area contributed by atoms with Crippen LogP contribution in [-0.2, 0) is 6.54 Å². The molecule has 7 heteroatoms. The monoisotopic (exact) mass is 195 g/mol. The zero-order valence-corrected chi connectivity index (χ0v) is 7.47. The first-order valence-electron chi connectivity index (χ1n) is 4.06. The van der Waals surface area contributed by atoms with Crippen molar-refractivity contribution < 1.29 is 0 Å². The second kappa shape index (κ2) is 3.11. The summed E-state index contributed by atoms with van der Waals surface area (Å²) in [7, 11) is 1.76. The smallest absolute Gasteiger partial charge is 0.327 e. The van der Waals surface area contributed by atoms with Crippen LogP contribution in [0.3, 0.4) is 0 Å². The molecule has 0 aliphatic heterocycles. The molecule has 0 aliphatic carbocycles. The van der Waals surface area contributed by atoms with Crippen molar-refractivity contribution in [3.05, 3.63) is 26.7 Å². The van der Waals surface area contributed by atoms with Crippen LogP contribution in [0.5, 0.6) is 0 Å². The van der Waals surface area contributed by atoms with Crippen molar-refractivity contribution in [3.63, 3.8) is 0 Å². The van der Waals surface area contributed by atoms with Gasteiger partial charge in [0, 0.05) is 0 Å². The Balaban J connectivity index is 2.71. The first-order chi connectivity index (χ1) is 6.70. The van der Waals surface area contributed by atoms with Crippen molar-refractivity contribution in [3.8, 4) is 0 Å². The van der Waals surface area contributed by atoms with Crippen LogP contribution in [0.1, 0.15) is 5.82 Å². The van der Waals surface area contributed by atoms with Crippen LogP contribution < -0.4 is 16.6 Å². The maximum Gasteiger partial charge on any atom is 0.327 e. The number of fused-ring (bicyclic) bond motifs is 1. The van der Waals surface area contributed by atoms with Crippen molar-refractivity contribution in [2.24, 2.45) is 0 Å². The van der Waals surface area contributed by atoms with Crippen LogP contribution in [0.25, 0.3) is 11.2 Å². The largest absolute Gasteiger partial charge is 0.335 e. The van der Waals surface area contributed by atoms with Gasteiger partial charge in [0.15, 0.2) is 5.65 Å². The Morgan fingerprint density at radius 2 is 2.07 bits per heavy atom. The number of rotatable bonds is 2. The fourth-order valence-electron chi connectivity index (χ4n) is 1.23. The second-order valence-electron chi connectivity index (χ2n) is 2.85. The SMILES string of the molecule is CNCc1nc2[nH]c(=O)[nH]c(=O)c2[nH]1. The van der Waals surface area contributed by atoms with E-state index in [2.05, 4.69) is 25.3 Å². The topological polar surface area (TPSA) is 106 Å². The molecule has 0 radical (unpaired) electrons. The molecule has 0 atom stereocenters. The summed E-state index contributed by atoms with van der Waals surface area (Å²) in [5, 5.41) is 2.88. The third kappa shape index (κ3) is 1.33. The zero-order valence-electron chi connectivity index (χ0n) is 7.47. The maximum absolute atomic E-state index is 11.2. The lowest BCUT2D eigenvalue weighted by Gasteiger charge is -1.89. The highest BCUT2D eigenvalue weighted by Crippen LogP contribution is 2.00. The van der Waals surface area contributed by atoms with Crippen molar-refractivity contribution in [1.82, 2.24) is 25.3 Å². The van der Waals surface area contributed by atoms with Crippen LogP contribution >= 0.6 is 0 Å². The Hall–Kier alpha value is -1.89. The number of aromatic amines is 3. The number of H-pyrrole nitrogens is 3. The van der Waals surface area contributed by atoms with Gasteiger partial charge < -0.3 is 10.3 Å². The first-order valence-corrected chi connectivity index (χ1v) is 4.06. The molecule has 0 unspecified atom stereocenters. The third-order valence-electron chi connectivity index (χ3n) is 1.78. The van der Waals surface area contributed by atoms with Gasteiger partial charge in [0.25, 0.3) is 5.56 Å². The molecule has 2 aromatic rings.